The van der Waals surface area contributed by atoms with Crippen molar-refractivity contribution in [1.29, 1.82) is 5.39 Å². The Balaban J connectivity index is 3.13. The molecule has 0 fully saturated rings. The van der Waals surface area contributed by atoms with Crippen LogP contribution in [0.3, 0.4) is 0 Å². The average molecular weight is 147 g/mol. The Morgan fingerprint density at radius 2 is 2.27 bits per heavy atom. The quantitative estimate of drug-likeness (QED) is 0.566. The molecule has 0 bridgehead atoms. The van der Waals surface area contributed by atoms with E-state index in [1.54, 1.807) is 6.07 Å². The van der Waals surface area contributed by atoms with Crippen LogP contribution in [0.25, 0.3) is 4.98 Å². The van der Waals surface area contributed by atoms with E-state index in [2.05, 4.69) is 4.98 Å². The highest BCUT2D eigenvalue weighted by Gasteiger charge is 2.07. The minimum Gasteiger partial charge on any atom is -0.267 e. The van der Waals surface area contributed by atoms with E-state index >= 15 is 0 Å². The topological polar surface area (TPSA) is 69.0 Å². The number of carbonyl (C=O) groups is 1. The molecule has 0 spiro atoms. The van der Waals surface area contributed by atoms with Gasteiger partial charge in [-0.05, 0) is 6.07 Å². The predicted molar refractivity (Wildman–Crippen MR) is 38.6 cm³/mol. The first kappa shape index (κ1) is 7.22. The third kappa shape index (κ3) is 1.52. The molecule has 4 heteroatoms. The number of rotatable bonds is 1. The van der Waals surface area contributed by atoms with E-state index in [1.165, 1.54) is 18.2 Å². The van der Waals surface area contributed by atoms with E-state index in [9.17, 15) is 4.79 Å². The van der Waals surface area contributed by atoms with Crippen LogP contribution in [-0.4, -0.2) is 5.91 Å². The average Bonchev–Trinajstić information content (AvgIpc) is 2.05. The molecule has 1 aromatic rings. The number of carbonyl (C=O) groups excluding carboxylic acids is 1. The normalized spacial score (nSPS) is 8.64. The van der Waals surface area contributed by atoms with Gasteiger partial charge in [-0.25, -0.2) is 0 Å². The molecule has 0 unspecified atom stereocenters. The van der Waals surface area contributed by atoms with Crippen molar-refractivity contribution in [2.45, 2.75) is 0 Å². The van der Waals surface area contributed by atoms with Gasteiger partial charge in [-0.1, -0.05) is 6.07 Å². The van der Waals surface area contributed by atoms with Crippen molar-refractivity contribution in [3.05, 3.63) is 34.8 Å². The lowest BCUT2D eigenvalue weighted by Gasteiger charge is -1.86. The molecule has 53 valence electrons. The van der Waals surface area contributed by atoms with E-state index < -0.39 is 5.91 Å². The molecule has 0 aliphatic carbocycles. The van der Waals surface area contributed by atoms with Crippen LogP contribution in [0.4, 0.5) is 5.69 Å². The number of amides is 1. The Hall–Kier alpha value is -1.89. The Morgan fingerprint density at radius 1 is 1.55 bits per heavy atom. The third-order valence-corrected chi connectivity index (χ3v) is 1.22. The van der Waals surface area contributed by atoms with Crippen molar-refractivity contribution >= 4 is 11.6 Å². The first-order valence-corrected chi connectivity index (χ1v) is 2.95. The Kier molecular flexibility index (Phi) is 1.83. The molecule has 1 N–H and O–H groups in total. The number of nitrogens with zero attached hydrogens (tertiary/aromatic N) is 2. The molecule has 4 nitrogen and oxygen atoms in total. The van der Waals surface area contributed by atoms with E-state index in [0.29, 0.717) is 0 Å². The molecule has 1 amide bonds. The van der Waals surface area contributed by atoms with Gasteiger partial charge < -0.3 is 0 Å². The molecule has 0 aliphatic heterocycles. The highest BCUT2D eigenvalue weighted by molar-refractivity contribution is 5.93. The molecule has 11 heavy (non-hydrogen) atoms. The monoisotopic (exact) mass is 147 g/mol. The molecule has 0 saturated carbocycles. The molecule has 0 heterocycles. The number of hydrogen-bond acceptors (Lipinski definition) is 2. The standard InChI is InChI=1S/C7H5N3O/c8-7(11)5-2-1-3-6(4-5)10-9/h1-4,8H/q+1. The third-order valence-electron chi connectivity index (χ3n) is 1.22. The molecule has 0 atom stereocenters. The van der Waals surface area contributed by atoms with Gasteiger partial charge in [-0.3, -0.25) is 10.5 Å². The summed E-state index contributed by atoms with van der Waals surface area (Å²) in [5, 5.41) is 8.30. The van der Waals surface area contributed by atoms with Crippen LogP contribution in [0.5, 0.6) is 0 Å². The zero-order valence-electron chi connectivity index (χ0n) is 5.61. The van der Waals surface area contributed by atoms with Crippen LogP contribution < -0.4 is 5.73 Å². The fraction of sp³-hybridized carbons (Fsp3) is 0. The Morgan fingerprint density at radius 3 is 2.82 bits per heavy atom. The second kappa shape index (κ2) is 2.80. The summed E-state index contributed by atoms with van der Waals surface area (Å²) < 4.78 is 0. The summed E-state index contributed by atoms with van der Waals surface area (Å²) in [6, 6.07) is 5.92. The number of hydrogen-bond donors (Lipinski definition) is 0. The van der Waals surface area contributed by atoms with Crippen LogP contribution in [0.15, 0.2) is 24.3 Å². The maximum atomic E-state index is 10.5. The summed E-state index contributed by atoms with van der Waals surface area (Å²) in [7, 11) is 0. The van der Waals surface area contributed by atoms with Crippen molar-refractivity contribution < 1.29 is 4.79 Å². The van der Waals surface area contributed by atoms with Gasteiger partial charge in [0.05, 0.1) is 0 Å². The number of nitrogens with one attached hydrogen (secondary N) is 1. The van der Waals surface area contributed by atoms with Crippen molar-refractivity contribution in [2.75, 3.05) is 0 Å². The SMILES string of the molecule is N#[N+]c1cccc(C([NH])=O)c1. The Bertz CT molecular complexity index is 327. The first-order valence-electron chi connectivity index (χ1n) is 2.95. The summed E-state index contributed by atoms with van der Waals surface area (Å²) in [5.41, 5.74) is 7.23. The zero-order valence-corrected chi connectivity index (χ0v) is 5.61. The predicted octanol–water partition coefficient (Wildman–Crippen LogP) is 1.59. The number of diazo groups is 1. The molecule has 0 aliphatic rings. The fourth-order valence-electron chi connectivity index (χ4n) is 0.709. The zero-order chi connectivity index (χ0) is 8.27. The van der Waals surface area contributed by atoms with Crippen LogP contribution in [-0.2, 0) is 0 Å². The lowest BCUT2D eigenvalue weighted by Crippen LogP contribution is -1.96. The van der Waals surface area contributed by atoms with Crippen molar-refractivity contribution in [3.63, 3.8) is 0 Å². The maximum Gasteiger partial charge on any atom is 0.385 e. The van der Waals surface area contributed by atoms with Crippen LogP contribution >= 0.6 is 0 Å². The van der Waals surface area contributed by atoms with Crippen molar-refractivity contribution in [2.24, 2.45) is 0 Å². The van der Waals surface area contributed by atoms with Gasteiger partial charge in [0.25, 0.3) is 5.91 Å². The van der Waals surface area contributed by atoms with Crippen molar-refractivity contribution in [1.82, 2.24) is 5.73 Å². The van der Waals surface area contributed by atoms with Gasteiger partial charge in [0.1, 0.15) is 0 Å². The smallest absolute Gasteiger partial charge is 0.267 e. The molecule has 0 aromatic heterocycles. The molecular formula is C7H5N3O+. The fourth-order valence-corrected chi connectivity index (χ4v) is 0.709. The minimum atomic E-state index is -0.782. The van der Waals surface area contributed by atoms with Gasteiger partial charge in [0.2, 0.25) is 5.39 Å². The van der Waals surface area contributed by atoms with Gasteiger partial charge >= 0.3 is 5.69 Å². The van der Waals surface area contributed by atoms with Gasteiger partial charge in [0, 0.05) is 17.7 Å². The van der Waals surface area contributed by atoms with Gasteiger partial charge in [0.15, 0.2) is 4.98 Å². The molecular weight excluding hydrogens is 142 g/mol. The summed E-state index contributed by atoms with van der Waals surface area (Å²) >= 11 is 0. The summed E-state index contributed by atoms with van der Waals surface area (Å²) in [4.78, 5) is 13.3. The van der Waals surface area contributed by atoms with Crippen LogP contribution in [0.2, 0.25) is 0 Å². The maximum absolute atomic E-state index is 10.5. The number of benzene rings is 1. The highest BCUT2D eigenvalue weighted by atomic mass is 16.1. The molecule has 1 rings (SSSR count). The second-order valence-electron chi connectivity index (χ2n) is 1.98. The van der Waals surface area contributed by atoms with Gasteiger partial charge in [-0.2, -0.15) is 0 Å². The minimum absolute atomic E-state index is 0.223. The van der Waals surface area contributed by atoms with E-state index in [4.69, 9.17) is 11.1 Å². The van der Waals surface area contributed by atoms with E-state index in [0.717, 1.165) is 0 Å². The Labute approximate surface area is 63.3 Å². The van der Waals surface area contributed by atoms with Crippen LogP contribution in [0, 0.1) is 5.39 Å². The van der Waals surface area contributed by atoms with Crippen molar-refractivity contribution in [3.8, 4) is 0 Å². The lowest BCUT2D eigenvalue weighted by atomic mass is 10.2. The molecule has 0 saturated heterocycles. The lowest BCUT2D eigenvalue weighted by molar-refractivity contribution is 0.0992. The highest BCUT2D eigenvalue weighted by Crippen LogP contribution is 2.12. The summed E-state index contributed by atoms with van der Waals surface area (Å²) in [6.07, 6.45) is 0. The second-order valence-corrected chi connectivity index (χ2v) is 1.98. The van der Waals surface area contributed by atoms with E-state index in [1.807, 2.05) is 0 Å². The largest absolute Gasteiger partial charge is 0.385 e. The molecule has 1 radical (unpaired) electrons. The van der Waals surface area contributed by atoms with Gasteiger partial charge in [-0.15, -0.1) is 0 Å². The van der Waals surface area contributed by atoms with E-state index in [-0.39, 0.29) is 11.3 Å². The van der Waals surface area contributed by atoms with Crippen LogP contribution in [0.1, 0.15) is 10.4 Å². The molecule has 1 aromatic carbocycles. The summed E-state index contributed by atoms with van der Waals surface area (Å²) in [6.45, 7) is 0. The summed E-state index contributed by atoms with van der Waals surface area (Å²) in [5.74, 6) is -0.782. The first-order chi connectivity index (χ1) is 5.24.